The second-order valence-electron chi connectivity index (χ2n) is 10.2. The normalized spacial score (nSPS) is 12.1. The predicted octanol–water partition coefficient (Wildman–Crippen LogP) is 8.30. The third-order valence-corrected chi connectivity index (χ3v) is 9.94. The zero-order chi connectivity index (χ0) is 30.7. The minimum Gasteiger partial charge on any atom is -0.300 e. The van der Waals surface area contributed by atoms with Crippen LogP contribution in [0.3, 0.4) is 0 Å². The van der Waals surface area contributed by atoms with Gasteiger partial charge < -0.3 is 4.90 Å². The summed E-state index contributed by atoms with van der Waals surface area (Å²) in [5.74, 6) is -0.987. The smallest absolute Gasteiger partial charge is 0.266 e. The van der Waals surface area contributed by atoms with Crippen molar-refractivity contribution in [3.05, 3.63) is 141 Å². The molecule has 0 heterocycles. The molecule has 1 atom stereocenters. The molecule has 0 aliphatic heterocycles. The van der Waals surface area contributed by atoms with Crippen LogP contribution < -0.4 is 4.90 Å². The molecule has 0 unspecified atom stereocenters. The highest BCUT2D eigenvalue weighted by atomic mass is 79.9. The Balaban J connectivity index is 1.65. The van der Waals surface area contributed by atoms with E-state index in [0.717, 1.165) is 29.6 Å². The van der Waals surface area contributed by atoms with Crippen LogP contribution in [0.15, 0.2) is 129 Å². The molecule has 0 saturated carbocycles. The van der Waals surface area contributed by atoms with Crippen LogP contribution in [-0.4, -0.2) is 31.6 Å². The number of benzene rings is 5. The topological polar surface area (TPSA) is 74.8 Å². The third-order valence-electron chi connectivity index (χ3n) is 7.23. The number of sulfonamides is 1. The highest BCUT2D eigenvalue weighted by Gasteiger charge is 2.34. The highest BCUT2D eigenvalue weighted by molar-refractivity contribution is 9.11. The first-order chi connectivity index (χ1) is 20.5. The zero-order valence-electron chi connectivity index (χ0n) is 23.4. The van der Waals surface area contributed by atoms with Gasteiger partial charge in [0.1, 0.15) is 0 Å². The SMILES string of the molecule is Cc1ccc(S(=O)(=O)N(C)C(=O)C[C@H](c2ccc3ccccc3c2)N(C(=O)c2ccccc2)c2cc(Br)cc(Br)c2)cc1. The van der Waals surface area contributed by atoms with E-state index in [4.69, 9.17) is 0 Å². The first-order valence-electron chi connectivity index (χ1n) is 13.5. The summed E-state index contributed by atoms with van der Waals surface area (Å²) >= 11 is 7.07. The van der Waals surface area contributed by atoms with E-state index in [9.17, 15) is 18.0 Å². The van der Waals surface area contributed by atoms with Crippen LogP contribution in [0.4, 0.5) is 5.69 Å². The molecule has 0 saturated heterocycles. The van der Waals surface area contributed by atoms with E-state index in [2.05, 4.69) is 31.9 Å². The van der Waals surface area contributed by atoms with Crippen LogP contribution in [0, 0.1) is 6.92 Å². The van der Waals surface area contributed by atoms with Crippen molar-refractivity contribution in [1.29, 1.82) is 0 Å². The Morgan fingerprint density at radius 3 is 2.00 bits per heavy atom. The number of rotatable bonds is 8. The number of fused-ring (bicyclic) bond motifs is 1. The van der Waals surface area contributed by atoms with Crippen molar-refractivity contribution < 1.29 is 18.0 Å². The van der Waals surface area contributed by atoms with E-state index >= 15 is 0 Å². The second-order valence-corrected chi connectivity index (χ2v) is 14.0. The van der Waals surface area contributed by atoms with Crippen molar-refractivity contribution in [3.63, 3.8) is 0 Å². The largest absolute Gasteiger partial charge is 0.300 e. The summed E-state index contributed by atoms with van der Waals surface area (Å²) in [6.45, 7) is 1.86. The van der Waals surface area contributed by atoms with Crippen LogP contribution in [0.2, 0.25) is 0 Å². The average Bonchev–Trinajstić information content (AvgIpc) is 3.00. The number of carbonyl (C=O) groups is 2. The molecule has 2 amide bonds. The lowest BCUT2D eigenvalue weighted by Crippen LogP contribution is -2.40. The summed E-state index contributed by atoms with van der Waals surface area (Å²) < 4.78 is 29.2. The lowest BCUT2D eigenvalue weighted by Gasteiger charge is -2.33. The Morgan fingerprint density at radius 1 is 0.744 bits per heavy atom. The standard InChI is InChI=1S/C34H28Br2N2O4S/c1-23-12-16-31(17-13-23)43(41,42)37(2)33(39)22-32(27-15-14-24-8-6-7-11-26(24)18-27)38(30-20-28(35)19-29(36)21-30)34(40)25-9-4-3-5-10-25/h3-21,32H,22H2,1-2H3/t32-/m1/s1. The quantitative estimate of drug-likeness (QED) is 0.162. The summed E-state index contributed by atoms with van der Waals surface area (Å²) in [7, 11) is -2.87. The van der Waals surface area contributed by atoms with Gasteiger partial charge in [-0.05, 0) is 71.8 Å². The van der Waals surface area contributed by atoms with Crippen molar-refractivity contribution >= 4 is 70.2 Å². The molecular weight excluding hydrogens is 692 g/mol. The molecule has 5 rings (SSSR count). The molecule has 9 heteroatoms. The molecule has 218 valence electrons. The van der Waals surface area contributed by atoms with Crippen LogP contribution in [0.1, 0.15) is 33.9 Å². The first-order valence-corrected chi connectivity index (χ1v) is 16.5. The molecule has 0 N–H and O–H groups in total. The summed E-state index contributed by atoms with van der Waals surface area (Å²) in [5.41, 5.74) is 2.55. The Bertz CT molecular complexity index is 1890. The molecule has 0 radical (unpaired) electrons. The number of hydrogen-bond acceptors (Lipinski definition) is 4. The molecule has 0 bridgehead atoms. The Hall–Kier alpha value is -3.79. The van der Waals surface area contributed by atoms with Gasteiger partial charge in [0.25, 0.3) is 15.9 Å². The predicted molar refractivity (Wildman–Crippen MR) is 178 cm³/mol. The number of carbonyl (C=O) groups excluding carboxylic acids is 2. The van der Waals surface area contributed by atoms with Gasteiger partial charge in [-0.25, -0.2) is 12.7 Å². The number of nitrogens with zero attached hydrogens (tertiary/aromatic N) is 2. The van der Waals surface area contributed by atoms with Gasteiger partial charge in [0.15, 0.2) is 0 Å². The molecule has 0 spiro atoms. The van der Waals surface area contributed by atoms with Gasteiger partial charge in [-0.2, -0.15) is 0 Å². The van der Waals surface area contributed by atoms with Gasteiger partial charge in [0.05, 0.1) is 17.4 Å². The van der Waals surface area contributed by atoms with Gasteiger partial charge in [-0.15, -0.1) is 0 Å². The van der Waals surface area contributed by atoms with Crippen LogP contribution in [-0.2, 0) is 14.8 Å². The maximum absolute atomic E-state index is 14.3. The van der Waals surface area contributed by atoms with E-state index in [1.54, 1.807) is 53.4 Å². The van der Waals surface area contributed by atoms with Gasteiger partial charge in [0.2, 0.25) is 5.91 Å². The highest BCUT2D eigenvalue weighted by Crippen LogP contribution is 2.37. The molecule has 0 aliphatic rings. The minimum absolute atomic E-state index is 0.0179. The Labute approximate surface area is 268 Å². The molecule has 43 heavy (non-hydrogen) atoms. The van der Waals surface area contributed by atoms with Crippen LogP contribution in [0.5, 0.6) is 0 Å². The van der Waals surface area contributed by atoms with E-state index in [1.807, 2.05) is 61.5 Å². The van der Waals surface area contributed by atoms with Crippen molar-refractivity contribution in [2.24, 2.45) is 0 Å². The fourth-order valence-corrected chi connectivity index (χ4v) is 7.31. The lowest BCUT2D eigenvalue weighted by molar-refractivity contribution is -0.126. The second kappa shape index (κ2) is 12.8. The molecule has 0 fully saturated rings. The summed E-state index contributed by atoms with van der Waals surface area (Å²) in [6, 6.07) is 33.4. The lowest BCUT2D eigenvalue weighted by atomic mass is 9.96. The molecule has 0 aliphatic carbocycles. The molecule has 6 nitrogen and oxygen atoms in total. The third kappa shape index (κ3) is 6.74. The van der Waals surface area contributed by atoms with Gasteiger partial charge in [0, 0.05) is 27.2 Å². The van der Waals surface area contributed by atoms with E-state index < -0.39 is 22.0 Å². The van der Waals surface area contributed by atoms with E-state index in [0.29, 0.717) is 16.8 Å². The van der Waals surface area contributed by atoms with Crippen LogP contribution >= 0.6 is 31.9 Å². The van der Waals surface area contributed by atoms with Crippen LogP contribution in [0.25, 0.3) is 10.8 Å². The Kier molecular flexibility index (Phi) is 9.15. The summed E-state index contributed by atoms with van der Waals surface area (Å²) in [4.78, 5) is 29.8. The minimum atomic E-state index is -4.13. The van der Waals surface area contributed by atoms with Gasteiger partial charge in [-0.3, -0.25) is 9.59 Å². The zero-order valence-corrected chi connectivity index (χ0v) is 27.4. The Morgan fingerprint density at radius 2 is 1.35 bits per heavy atom. The number of aryl methyl sites for hydroxylation is 1. The summed E-state index contributed by atoms with van der Waals surface area (Å²) in [6.07, 6.45) is -0.289. The van der Waals surface area contributed by atoms with E-state index in [1.165, 1.54) is 19.2 Å². The molecule has 0 aromatic heterocycles. The molecule has 5 aromatic rings. The number of amides is 2. The maximum atomic E-state index is 14.3. The number of anilines is 1. The van der Waals surface area contributed by atoms with Crippen molar-refractivity contribution in [1.82, 2.24) is 4.31 Å². The van der Waals surface area contributed by atoms with Crippen molar-refractivity contribution in [2.45, 2.75) is 24.3 Å². The van der Waals surface area contributed by atoms with Gasteiger partial charge in [-0.1, -0.05) is 104 Å². The maximum Gasteiger partial charge on any atom is 0.266 e. The average molecular weight is 720 g/mol. The van der Waals surface area contributed by atoms with Crippen molar-refractivity contribution in [3.8, 4) is 0 Å². The molecular formula is C34H28Br2N2O4S. The van der Waals surface area contributed by atoms with Gasteiger partial charge >= 0.3 is 0 Å². The fourth-order valence-electron chi connectivity index (χ4n) is 4.91. The monoisotopic (exact) mass is 718 g/mol. The first kappa shape index (κ1) is 30.7. The van der Waals surface area contributed by atoms with E-state index in [-0.39, 0.29) is 17.2 Å². The fraction of sp³-hybridized carbons (Fsp3) is 0.118. The number of halogens is 2. The van der Waals surface area contributed by atoms with Crippen molar-refractivity contribution in [2.75, 3.05) is 11.9 Å². The molecule has 5 aromatic carbocycles. The summed E-state index contributed by atoms with van der Waals surface area (Å²) in [5, 5.41) is 1.93. The number of hydrogen-bond donors (Lipinski definition) is 0.